The number of hydrogen-bond acceptors (Lipinski definition) is 5. The van der Waals surface area contributed by atoms with Gasteiger partial charge in [-0.05, 0) is 48.4 Å². The van der Waals surface area contributed by atoms with Gasteiger partial charge in [0.2, 0.25) is 6.41 Å². The molecule has 0 unspecified atom stereocenters. The maximum atomic E-state index is 13.2. The second-order valence-electron chi connectivity index (χ2n) is 7.25. The molecule has 0 saturated carbocycles. The van der Waals surface area contributed by atoms with Gasteiger partial charge in [0.1, 0.15) is 10.9 Å². The molecular weight excluding hydrogens is 450 g/mol. The maximum absolute atomic E-state index is 13.2. The van der Waals surface area contributed by atoms with E-state index in [1.807, 2.05) is 36.4 Å². The number of aliphatic hydroxyl groups excluding tert-OH is 1. The van der Waals surface area contributed by atoms with E-state index < -0.39 is 0 Å². The summed E-state index contributed by atoms with van der Waals surface area (Å²) in [4.78, 5) is 28.6. The van der Waals surface area contributed by atoms with Crippen LogP contribution in [0.4, 0.5) is 5.69 Å². The van der Waals surface area contributed by atoms with Gasteiger partial charge in [-0.2, -0.15) is 0 Å². The number of halogens is 1. The smallest absolute Gasteiger partial charge is 0.211 e. The Morgan fingerprint density at radius 1 is 1.09 bits per heavy atom. The first-order valence-electron chi connectivity index (χ1n) is 10.3. The number of rotatable bonds is 9. The summed E-state index contributed by atoms with van der Waals surface area (Å²) in [7, 11) is 0. The molecule has 1 heterocycles. The van der Waals surface area contributed by atoms with Gasteiger partial charge in [0.15, 0.2) is 5.78 Å². The number of nitrogens with one attached hydrogen (secondary N) is 2. The number of nitrogens with zero attached hydrogens (tertiary/aromatic N) is 1. The SMILES string of the molecule is C/C(C(=O)/C=C/c1ccccc1)=C(/c1cccnc1)c1cc(/C(O)=C/C(=N)Cl)ccc1NC=O. The van der Waals surface area contributed by atoms with E-state index in [0.717, 1.165) is 11.6 Å². The Hall–Kier alpha value is -4.29. The maximum Gasteiger partial charge on any atom is 0.211 e. The van der Waals surface area contributed by atoms with Gasteiger partial charge in [-0.15, -0.1) is 0 Å². The highest BCUT2D eigenvalue weighted by molar-refractivity contribution is 6.67. The first-order valence-corrected chi connectivity index (χ1v) is 10.7. The molecular formula is C27H22ClN3O3. The van der Waals surface area contributed by atoms with E-state index in [0.29, 0.717) is 39.9 Å². The lowest BCUT2D eigenvalue weighted by Crippen LogP contribution is -2.06. The van der Waals surface area contributed by atoms with Gasteiger partial charge in [0.25, 0.3) is 0 Å². The van der Waals surface area contributed by atoms with Crippen LogP contribution in [0.15, 0.2) is 90.8 Å². The summed E-state index contributed by atoms with van der Waals surface area (Å²) in [5, 5.41) is 20.1. The van der Waals surface area contributed by atoms with E-state index in [4.69, 9.17) is 17.0 Å². The van der Waals surface area contributed by atoms with E-state index >= 15 is 0 Å². The Labute approximate surface area is 202 Å². The van der Waals surface area contributed by atoms with Crippen molar-refractivity contribution >= 4 is 52.1 Å². The second-order valence-corrected chi connectivity index (χ2v) is 7.66. The molecule has 0 atom stereocenters. The van der Waals surface area contributed by atoms with Crippen molar-refractivity contribution in [1.29, 1.82) is 5.41 Å². The molecule has 3 aromatic rings. The average molecular weight is 472 g/mol. The molecule has 7 heteroatoms. The summed E-state index contributed by atoms with van der Waals surface area (Å²) in [5.74, 6) is -0.454. The Balaban J connectivity index is 2.21. The van der Waals surface area contributed by atoms with Gasteiger partial charge in [0.05, 0.1) is 0 Å². The molecule has 0 spiro atoms. The van der Waals surface area contributed by atoms with E-state index in [2.05, 4.69) is 10.3 Å². The molecule has 3 N–H and O–H groups in total. The van der Waals surface area contributed by atoms with Crippen molar-refractivity contribution < 1.29 is 14.7 Å². The summed E-state index contributed by atoms with van der Waals surface area (Å²) in [6.07, 6.45) is 8.10. The molecule has 0 aliphatic rings. The zero-order valence-electron chi connectivity index (χ0n) is 18.3. The van der Waals surface area contributed by atoms with Gasteiger partial charge in [-0.1, -0.05) is 54.1 Å². The average Bonchev–Trinajstić information content (AvgIpc) is 2.84. The van der Waals surface area contributed by atoms with E-state index in [1.54, 1.807) is 49.7 Å². The lowest BCUT2D eigenvalue weighted by molar-refractivity contribution is -0.111. The zero-order chi connectivity index (χ0) is 24.5. The number of carbonyl (C=O) groups is 2. The Morgan fingerprint density at radius 3 is 2.50 bits per heavy atom. The predicted molar refractivity (Wildman–Crippen MR) is 137 cm³/mol. The van der Waals surface area contributed by atoms with Crippen LogP contribution in [-0.4, -0.2) is 27.5 Å². The van der Waals surface area contributed by atoms with Crippen LogP contribution < -0.4 is 5.32 Å². The molecule has 0 bridgehead atoms. The fourth-order valence-corrected chi connectivity index (χ4v) is 3.48. The van der Waals surface area contributed by atoms with Gasteiger partial charge in [-0.25, -0.2) is 0 Å². The third-order valence-corrected chi connectivity index (χ3v) is 5.09. The van der Waals surface area contributed by atoms with Crippen LogP contribution >= 0.6 is 11.6 Å². The minimum absolute atomic E-state index is 0.225. The fraction of sp³-hybridized carbons (Fsp3) is 0.0370. The standard InChI is InChI=1S/C27H22ClN3O3/c1-18(24(33)12-9-19-6-3-2-4-7-19)27(21-8-5-13-30-16-21)22-14-20(25(34)15-26(28)29)10-11-23(22)31-17-32/h2-17,29,34H,1H3,(H,31,32)/b12-9+,25-15-,27-18+,29-26?. The number of amides is 1. The quantitative estimate of drug-likeness (QED) is 0.157. The van der Waals surface area contributed by atoms with Crippen LogP contribution in [0.1, 0.15) is 29.2 Å². The van der Waals surface area contributed by atoms with E-state index in [-0.39, 0.29) is 16.7 Å². The van der Waals surface area contributed by atoms with Crippen molar-refractivity contribution in [2.75, 3.05) is 5.32 Å². The molecule has 0 fully saturated rings. The lowest BCUT2D eigenvalue weighted by Gasteiger charge is -2.17. The van der Waals surface area contributed by atoms with Crippen molar-refractivity contribution in [3.05, 3.63) is 113 Å². The molecule has 170 valence electrons. The lowest BCUT2D eigenvalue weighted by atomic mass is 9.90. The number of allylic oxidation sites excluding steroid dienone is 3. The van der Waals surface area contributed by atoms with Crippen molar-refractivity contribution in [2.24, 2.45) is 0 Å². The van der Waals surface area contributed by atoms with Gasteiger partial charge >= 0.3 is 0 Å². The van der Waals surface area contributed by atoms with Crippen LogP contribution in [0.25, 0.3) is 17.4 Å². The van der Waals surface area contributed by atoms with Crippen molar-refractivity contribution in [2.45, 2.75) is 6.92 Å². The fourth-order valence-electron chi connectivity index (χ4n) is 3.37. The first-order chi connectivity index (χ1) is 16.4. The number of aliphatic hydroxyl groups is 1. The molecule has 34 heavy (non-hydrogen) atoms. The molecule has 0 saturated heterocycles. The van der Waals surface area contributed by atoms with Crippen LogP contribution in [0.2, 0.25) is 0 Å². The van der Waals surface area contributed by atoms with Crippen LogP contribution in [-0.2, 0) is 9.59 Å². The number of pyridine rings is 1. The Bertz CT molecular complexity index is 1300. The minimum Gasteiger partial charge on any atom is -0.507 e. The summed E-state index contributed by atoms with van der Waals surface area (Å²) in [6.45, 7) is 1.70. The zero-order valence-corrected chi connectivity index (χ0v) is 19.1. The molecule has 1 amide bonds. The number of hydrogen-bond donors (Lipinski definition) is 3. The van der Waals surface area contributed by atoms with Crippen molar-refractivity contribution in [3.63, 3.8) is 0 Å². The predicted octanol–water partition coefficient (Wildman–Crippen LogP) is 5.87. The molecule has 6 nitrogen and oxygen atoms in total. The van der Waals surface area contributed by atoms with Gasteiger partial charge in [0, 0.05) is 46.4 Å². The highest BCUT2D eigenvalue weighted by atomic mass is 35.5. The second kappa shape index (κ2) is 11.5. The molecule has 0 radical (unpaired) electrons. The molecule has 1 aromatic heterocycles. The topological polar surface area (TPSA) is 103 Å². The molecule has 2 aromatic carbocycles. The van der Waals surface area contributed by atoms with E-state index in [1.165, 1.54) is 6.08 Å². The third-order valence-electron chi connectivity index (χ3n) is 4.98. The normalized spacial score (nSPS) is 12.2. The Morgan fingerprint density at radius 2 is 1.85 bits per heavy atom. The van der Waals surface area contributed by atoms with Crippen molar-refractivity contribution in [1.82, 2.24) is 4.98 Å². The van der Waals surface area contributed by atoms with Gasteiger partial charge in [-0.3, -0.25) is 20.0 Å². The monoisotopic (exact) mass is 471 g/mol. The molecule has 0 aliphatic carbocycles. The highest BCUT2D eigenvalue weighted by Gasteiger charge is 2.18. The minimum atomic E-state index is -0.338. The number of benzene rings is 2. The summed E-state index contributed by atoms with van der Waals surface area (Å²) in [6, 6.07) is 17.8. The van der Waals surface area contributed by atoms with Gasteiger partial charge < -0.3 is 10.4 Å². The summed E-state index contributed by atoms with van der Waals surface area (Å²) < 4.78 is 0. The number of ketones is 1. The summed E-state index contributed by atoms with van der Waals surface area (Å²) in [5.41, 5.74) is 3.79. The third kappa shape index (κ3) is 6.15. The number of anilines is 1. The van der Waals surface area contributed by atoms with Crippen LogP contribution in [0, 0.1) is 5.41 Å². The largest absolute Gasteiger partial charge is 0.507 e. The highest BCUT2D eigenvalue weighted by Crippen LogP contribution is 2.34. The molecule has 0 aliphatic heterocycles. The van der Waals surface area contributed by atoms with Crippen molar-refractivity contribution in [3.8, 4) is 0 Å². The van der Waals surface area contributed by atoms with E-state index in [9.17, 15) is 14.7 Å². The Kier molecular flexibility index (Phi) is 8.26. The van der Waals surface area contributed by atoms with Crippen LogP contribution in [0.5, 0.6) is 0 Å². The number of carbonyl (C=O) groups excluding carboxylic acids is 2. The number of aromatic nitrogens is 1. The molecule has 3 rings (SSSR count). The first kappa shape index (κ1) is 24.4. The summed E-state index contributed by atoms with van der Waals surface area (Å²) >= 11 is 5.60. The van der Waals surface area contributed by atoms with Crippen LogP contribution in [0.3, 0.4) is 0 Å².